The van der Waals surface area contributed by atoms with Gasteiger partial charge in [-0.05, 0) is 13.8 Å². The summed E-state index contributed by atoms with van der Waals surface area (Å²) in [5, 5.41) is 0. The fourth-order valence-corrected chi connectivity index (χ4v) is 3.46. The molecule has 0 aliphatic heterocycles. The van der Waals surface area contributed by atoms with Crippen LogP contribution in [0, 0.1) is 6.92 Å². The van der Waals surface area contributed by atoms with Gasteiger partial charge in [0.25, 0.3) is 0 Å². The van der Waals surface area contributed by atoms with Crippen LogP contribution in [0.5, 0.6) is 0 Å². The van der Waals surface area contributed by atoms with Gasteiger partial charge >= 0.3 is 0 Å². The third kappa shape index (κ3) is 48.9. The van der Waals surface area contributed by atoms with E-state index in [-0.39, 0.29) is 0 Å². The quantitative estimate of drug-likeness (QED) is 0.0656. The van der Waals surface area contributed by atoms with E-state index in [1.165, 1.54) is 0 Å². The maximum atomic E-state index is 5.49. The summed E-state index contributed by atoms with van der Waals surface area (Å²) in [7, 11) is 0. The molecular weight excluding hydrogens is 676 g/mol. The molecule has 0 aromatic carbocycles. The molecular formula is C35H69O16. The molecule has 0 bridgehead atoms. The van der Waals surface area contributed by atoms with E-state index in [2.05, 4.69) is 13.5 Å². The Balaban J connectivity index is 3.05. The third-order valence-corrected chi connectivity index (χ3v) is 5.93. The maximum Gasteiger partial charge on any atom is 0.111 e. The van der Waals surface area contributed by atoms with E-state index in [1.807, 2.05) is 6.92 Å². The second-order valence-electron chi connectivity index (χ2n) is 10.2. The average molecular weight is 746 g/mol. The van der Waals surface area contributed by atoms with Crippen LogP contribution in [-0.4, -0.2) is 205 Å². The Bertz CT molecular complexity index is 649. The first kappa shape index (κ1) is 49.9. The van der Waals surface area contributed by atoms with Crippen molar-refractivity contribution < 1.29 is 75.8 Å². The minimum atomic E-state index is 0.457. The van der Waals surface area contributed by atoms with Crippen molar-refractivity contribution >= 4 is 0 Å². The highest BCUT2D eigenvalue weighted by Crippen LogP contribution is 1.90. The molecule has 16 nitrogen and oxygen atoms in total. The van der Waals surface area contributed by atoms with Crippen molar-refractivity contribution in [2.24, 2.45) is 0 Å². The van der Waals surface area contributed by atoms with Gasteiger partial charge in [-0.25, -0.2) is 0 Å². The number of hydrogen-bond acceptors (Lipinski definition) is 16. The van der Waals surface area contributed by atoms with E-state index in [0.29, 0.717) is 211 Å². The molecule has 305 valence electrons. The molecule has 0 aliphatic carbocycles. The molecule has 0 saturated heterocycles. The highest BCUT2D eigenvalue weighted by Gasteiger charge is 1.97. The summed E-state index contributed by atoms with van der Waals surface area (Å²) in [5.41, 5.74) is 0. The first-order valence-electron chi connectivity index (χ1n) is 18.0. The molecule has 0 aliphatic rings. The Morgan fingerprint density at radius 1 is 0.255 bits per heavy atom. The molecule has 0 unspecified atom stereocenters. The molecule has 0 N–H and O–H groups in total. The zero-order chi connectivity index (χ0) is 36.8. The van der Waals surface area contributed by atoms with E-state index >= 15 is 0 Å². The van der Waals surface area contributed by atoms with Crippen LogP contribution in [0.1, 0.15) is 6.92 Å². The lowest BCUT2D eigenvalue weighted by atomic mass is 10.6. The van der Waals surface area contributed by atoms with Gasteiger partial charge in [-0.15, -0.1) is 0 Å². The molecule has 0 saturated carbocycles. The molecule has 0 rings (SSSR count). The minimum absolute atomic E-state index is 0.457. The third-order valence-electron chi connectivity index (χ3n) is 5.93. The monoisotopic (exact) mass is 745 g/mol. The Hall–Kier alpha value is -1.06. The Morgan fingerprint density at radius 2 is 0.392 bits per heavy atom. The van der Waals surface area contributed by atoms with Crippen LogP contribution in [0.25, 0.3) is 0 Å². The SMILES string of the molecule is [CH2]COCCOCCOCCOCCOCCOCCOCCOCCOCCOCCOCCOCCOCCOCCOCCOC(=C)C. The van der Waals surface area contributed by atoms with Crippen LogP contribution < -0.4 is 0 Å². The smallest absolute Gasteiger partial charge is 0.111 e. The standard InChI is InChI=1S/C35H69O16/c1-4-36-5-6-37-7-8-38-9-10-39-11-12-40-13-14-41-15-16-42-17-18-43-19-20-44-21-22-45-23-24-46-25-26-47-27-28-48-29-30-49-31-32-50-33-34-51-35(2)3/h1-2,4-34H2,3H3. The molecule has 0 heterocycles. The summed E-state index contributed by atoms with van der Waals surface area (Å²) in [4.78, 5) is 0. The van der Waals surface area contributed by atoms with Gasteiger partial charge in [0.05, 0.1) is 197 Å². The summed E-state index contributed by atoms with van der Waals surface area (Å²) >= 11 is 0. The van der Waals surface area contributed by atoms with Crippen molar-refractivity contribution in [3.63, 3.8) is 0 Å². The van der Waals surface area contributed by atoms with Gasteiger partial charge in [-0.3, -0.25) is 0 Å². The van der Waals surface area contributed by atoms with E-state index in [0.717, 1.165) is 0 Å². The molecule has 0 spiro atoms. The number of ether oxygens (including phenoxy) is 16. The normalized spacial score (nSPS) is 11.5. The van der Waals surface area contributed by atoms with Gasteiger partial charge in [0.1, 0.15) is 6.61 Å². The van der Waals surface area contributed by atoms with Crippen LogP contribution >= 0.6 is 0 Å². The summed E-state index contributed by atoms with van der Waals surface area (Å²) in [6.45, 7) is 24.9. The predicted molar refractivity (Wildman–Crippen MR) is 188 cm³/mol. The van der Waals surface area contributed by atoms with Crippen molar-refractivity contribution in [2.45, 2.75) is 6.92 Å². The minimum Gasteiger partial charge on any atom is -0.496 e. The van der Waals surface area contributed by atoms with E-state index in [4.69, 9.17) is 75.8 Å². The average Bonchev–Trinajstić information content (AvgIpc) is 3.13. The highest BCUT2D eigenvalue weighted by atomic mass is 16.6. The molecule has 16 heteroatoms. The summed E-state index contributed by atoms with van der Waals surface area (Å²) in [5.74, 6) is 0.686. The van der Waals surface area contributed by atoms with Crippen LogP contribution in [0.3, 0.4) is 0 Å². The van der Waals surface area contributed by atoms with Crippen molar-refractivity contribution in [3.8, 4) is 0 Å². The lowest BCUT2D eigenvalue weighted by Crippen LogP contribution is -2.15. The zero-order valence-corrected chi connectivity index (χ0v) is 31.4. The summed E-state index contributed by atoms with van der Waals surface area (Å²) in [6.07, 6.45) is 0. The Kier molecular flexibility index (Phi) is 46.0. The van der Waals surface area contributed by atoms with Gasteiger partial charge < -0.3 is 75.8 Å². The largest absolute Gasteiger partial charge is 0.496 e. The van der Waals surface area contributed by atoms with E-state index in [1.54, 1.807) is 0 Å². The number of allylic oxidation sites excluding steroid dienone is 1. The topological polar surface area (TPSA) is 148 Å². The second-order valence-corrected chi connectivity index (χ2v) is 10.2. The molecule has 0 atom stereocenters. The number of hydrogen-bond donors (Lipinski definition) is 0. The van der Waals surface area contributed by atoms with Crippen LogP contribution in [-0.2, 0) is 75.8 Å². The van der Waals surface area contributed by atoms with Gasteiger partial charge in [0, 0.05) is 6.61 Å². The Morgan fingerprint density at radius 3 is 0.529 bits per heavy atom. The predicted octanol–water partition coefficient (Wildman–Crippen LogP) is 1.62. The van der Waals surface area contributed by atoms with Gasteiger partial charge in [0.15, 0.2) is 0 Å². The summed E-state index contributed by atoms with van der Waals surface area (Å²) in [6, 6.07) is 0. The zero-order valence-electron chi connectivity index (χ0n) is 31.4. The maximum absolute atomic E-state index is 5.49. The first-order chi connectivity index (χ1) is 25.3. The summed E-state index contributed by atoms with van der Waals surface area (Å²) < 4.78 is 86.6. The first-order valence-corrected chi connectivity index (χ1v) is 18.0. The number of rotatable bonds is 47. The van der Waals surface area contributed by atoms with Crippen molar-refractivity contribution in [3.05, 3.63) is 19.3 Å². The lowest BCUT2D eigenvalue weighted by Gasteiger charge is -2.09. The van der Waals surface area contributed by atoms with E-state index < -0.39 is 0 Å². The second kappa shape index (κ2) is 47.0. The molecule has 0 aromatic heterocycles. The van der Waals surface area contributed by atoms with Gasteiger partial charge in [-0.1, -0.05) is 6.58 Å². The van der Waals surface area contributed by atoms with E-state index in [9.17, 15) is 0 Å². The molecule has 0 amide bonds. The van der Waals surface area contributed by atoms with Crippen LogP contribution in [0.15, 0.2) is 12.3 Å². The highest BCUT2D eigenvalue weighted by molar-refractivity contribution is 4.72. The van der Waals surface area contributed by atoms with Gasteiger partial charge in [0.2, 0.25) is 0 Å². The van der Waals surface area contributed by atoms with Crippen LogP contribution in [0.4, 0.5) is 0 Å². The van der Waals surface area contributed by atoms with Gasteiger partial charge in [-0.2, -0.15) is 0 Å². The molecule has 0 aromatic rings. The fraction of sp³-hybridized carbons (Fsp3) is 0.914. The van der Waals surface area contributed by atoms with Crippen LogP contribution in [0.2, 0.25) is 0 Å². The fourth-order valence-electron chi connectivity index (χ4n) is 3.46. The van der Waals surface area contributed by atoms with Crippen molar-refractivity contribution in [2.75, 3.05) is 205 Å². The Labute approximate surface area is 306 Å². The molecule has 51 heavy (non-hydrogen) atoms. The molecule has 0 fully saturated rings. The molecule has 1 radical (unpaired) electrons. The van der Waals surface area contributed by atoms with Crippen molar-refractivity contribution in [1.29, 1.82) is 0 Å². The van der Waals surface area contributed by atoms with Crippen molar-refractivity contribution in [1.82, 2.24) is 0 Å². The lowest BCUT2D eigenvalue weighted by molar-refractivity contribution is -0.0301.